The number of rotatable bonds is 10. The van der Waals surface area contributed by atoms with Gasteiger partial charge in [0, 0.05) is 12.5 Å². The summed E-state index contributed by atoms with van der Waals surface area (Å²) >= 11 is 0. The number of carbonyl (C=O) groups excluding carboxylic acids is 2. The Kier molecular flexibility index (Phi) is 6.85. The Morgan fingerprint density at radius 1 is 1.21 bits per heavy atom. The molecule has 1 amide bonds. The first-order chi connectivity index (χ1) is 15.9. The highest BCUT2D eigenvalue weighted by atomic mass is 16.6. The lowest BCUT2D eigenvalue weighted by Gasteiger charge is -2.57. The number of nitrogens with zero attached hydrogens (tertiary/aromatic N) is 1. The molecule has 3 aliphatic rings. The van der Waals surface area contributed by atoms with Crippen LogP contribution in [0.25, 0.3) is 0 Å². The smallest absolute Gasteiger partial charge is 0.339 e. The van der Waals surface area contributed by atoms with E-state index in [9.17, 15) is 14.7 Å². The third-order valence-electron chi connectivity index (χ3n) is 8.00. The van der Waals surface area contributed by atoms with Crippen molar-refractivity contribution in [3.63, 3.8) is 0 Å². The molecular formula is C27H37NO5. The number of fused-ring (bicyclic) bond motifs is 1. The maximum atomic E-state index is 13.8. The molecule has 0 saturated carbocycles. The zero-order chi connectivity index (χ0) is 23.6. The van der Waals surface area contributed by atoms with Crippen molar-refractivity contribution in [3.8, 4) is 5.75 Å². The fraction of sp³-hybridized carbons (Fsp3) is 0.630. The minimum atomic E-state index is -1.36. The third kappa shape index (κ3) is 3.76. The van der Waals surface area contributed by atoms with Crippen molar-refractivity contribution in [2.75, 3.05) is 7.11 Å². The SMILES string of the molecule is CCCCCCC1C(=O)N(Cc2ccc(OC)cc2)C2(C(O)C3C=CCCC3)C(=O)OC12C. The number of likely N-dealkylation sites (tertiary alicyclic amines) is 1. The Morgan fingerprint density at radius 2 is 1.97 bits per heavy atom. The Labute approximate surface area is 196 Å². The highest BCUT2D eigenvalue weighted by Gasteiger charge is 2.82. The monoisotopic (exact) mass is 455 g/mol. The van der Waals surface area contributed by atoms with Gasteiger partial charge in [-0.25, -0.2) is 4.79 Å². The molecule has 1 aromatic carbocycles. The summed E-state index contributed by atoms with van der Waals surface area (Å²) in [4.78, 5) is 28.7. The second-order valence-electron chi connectivity index (χ2n) is 9.91. The van der Waals surface area contributed by atoms with Gasteiger partial charge in [0.15, 0.2) is 5.60 Å². The van der Waals surface area contributed by atoms with Gasteiger partial charge in [0.2, 0.25) is 11.4 Å². The van der Waals surface area contributed by atoms with Gasteiger partial charge in [-0.2, -0.15) is 0 Å². The number of amides is 1. The van der Waals surface area contributed by atoms with Crippen molar-refractivity contribution >= 4 is 11.9 Å². The zero-order valence-corrected chi connectivity index (χ0v) is 20.1. The molecular weight excluding hydrogens is 418 g/mol. The molecule has 5 unspecified atom stereocenters. The number of allylic oxidation sites excluding steroid dienone is 1. The van der Waals surface area contributed by atoms with Crippen LogP contribution in [0.2, 0.25) is 0 Å². The van der Waals surface area contributed by atoms with E-state index >= 15 is 0 Å². The molecule has 2 fully saturated rings. The standard InChI is InChI=1S/C27H37NO5/c1-4-5-6-10-13-22-24(30)28(18-19-14-16-21(32-3)17-15-19)27(25(31)33-26(22,27)2)23(29)20-11-8-7-9-12-20/h8,11,14-17,20,22-23,29H,4-7,9-10,12-13,18H2,1-3H3. The van der Waals surface area contributed by atoms with Crippen LogP contribution in [0.15, 0.2) is 36.4 Å². The van der Waals surface area contributed by atoms with Crippen molar-refractivity contribution in [1.82, 2.24) is 4.90 Å². The molecule has 0 bridgehead atoms. The van der Waals surface area contributed by atoms with E-state index in [2.05, 4.69) is 13.0 Å². The van der Waals surface area contributed by atoms with E-state index in [0.717, 1.165) is 56.3 Å². The highest BCUT2D eigenvalue weighted by molar-refractivity contribution is 6.02. The van der Waals surface area contributed by atoms with Gasteiger partial charge in [-0.15, -0.1) is 0 Å². The molecule has 1 aromatic rings. The number of benzene rings is 1. The minimum Gasteiger partial charge on any atom is -0.497 e. The normalized spacial score (nSPS) is 31.7. The van der Waals surface area contributed by atoms with Crippen LogP contribution >= 0.6 is 0 Å². The van der Waals surface area contributed by atoms with Crippen molar-refractivity contribution in [2.24, 2.45) is 11.8 Å². The molecule has 180 valence electrons. The van der Waals surface area contributed by atoms with Crippen LogP contribution in [0.3, 0.4) is 0 Å². The van der Waals surface area contributed by atoms with Crippen molar-refractivity contribution in [3.05, 3.63) is 42.0 Å². The highest BCUT2D eigenvalue weighted by Crippen LogP contribution is 2.58. The number of ether oxygens (including phenoxy) is 2. The summed E-state index contributed by atoms with van der Waals surface area (Å²) in [6.07, 6.45) is 10.7. The van der Waals surface area contributed by atoms with E-state index in [1.165, 1.54) is 0 Å². The molecule has 1 aliphatic carbocycles. The van der Waals surface area contributed by atoms with Gasteiger partial charge in [0.05, 0.1) is 19.1 Å². The zero-order valence-electron chi connectivity index (χ0n) is 20.1. The van der Waals surface area contributed by atoms with Crippen LogP contribution in [-0.2, 0) is 20.9 Å². The molecule has 0 radical (unpaired) electrons. The molecule has 6 nitrogen and oxygen atoms in total. The Bertz CT molecular complexity index is 896. The van der Waals surface area contributed by atoms with Gasteiger partial charge in [-0.3, -0.25) is 4.79 Å². The number of methoxy groups -OCH3 is 1. The first-order valence-corrected chi connectivity index (χ1v) is 12.4. The molecule has 6 heteroatoms. The van der Waals surface area contributed by atoms with Crippen LogP contribution in [0.4, 0.5) is 0 Å². The molecule has 2 aliphatic heterocycles. The van der Waals surface area contributed by atoms with Gasteiger partial charge >= 0.3 is 5.97 Å². The number of unbranched alkanes of at least 4 members (excludes halogenated alkanes) is 3. The van der Waals surface area contributed by atoms with Crippen LogP contribution in [0.1, 0.15) is 70.8 Å². The number of esters is 1. The molecule has 4 rings (SSSR count). The summed E-state index contributed by atoms with van der Waals surface area (Å²) < 4.78 is 11.1. The lowest BCUT2D eigenvalue weighted by Crippen LogP contribution is -2.80. The second kappa shape index (κ2) is 9.49. The summed E-state index contributed by atoms with van der Waals surface area (Å²) in [5.41, 5.74) is -1.49. The van der Waals surface area contributed by atoms with E-state index in [1.54, 1.807) is 12.0 Å². The number of aliphatic hydroxyl groups excluding tert-OH is 1. The summed E-state index contributed by atoms with van der Waals surface area (Å²) in [5.74, 6) is -0.442. The molecule has 5 atom stereocenters. The summed E-state index contributed by atoms with van der Waals surface area (Å²) in [7, 11) is 1.61. The van der Waals surface area contributed by atoms with Gasteiger partial charge in [0.1, 0.15) is 5.75 Å². The lowest BCUT2D eigenvalue weighted by atomic mass is 9.64. The van der Waals surface area contributed by atoms with Gasteiger partial charge in [-0.1, -0.05) is 56.9 Å². The third-order valence-corrected chi connectivity index (χ3v) is 8.00. The summed E-state index contributed by atoms with van der Waals surface area (Å²) in [5, 5.41) is 11.7. The number of hydrogen-bond acceptors (Lipinski definition) is 5. The molecule has 2 heterocycles. The van der Waals surface area contributed by atoms with Crippen molar-refractivity contribution < 1.29 is 24.2 Å². The van der Waals surface area contributed by atoms with Crippen LogP contribution < -0.4 is 4.74 Å². The van der Waals surface area contributed by atoms with Gasteiger partial charge < -0.3 is 19.5 Å². The molecule has 0 aromatic heterocycles. The predicted molar refractivity (Wildman–Crippen MR) is 126 cm³/mol. The van der Waals surface area contributed by atoms with E-state index < -0.39 is 29.1 Å². The molecule has 2 saturated heterocycles. The summed E-state index contributed by atoms with van der Waals surface area (Å²) in [6, 6.07) is 7.51. The maximum Gasteiger partial charge on any atom is 0.339 e. The Morgan fingerprint density at radius 3 is 2.58 bits per heavy atom. The quantitative estimate of drug-likeness (QED) is 0.322. The van der Waals surface area contributed by atoms with Crippen LogP contribution in [-0.4, -0.2) is 46.2 Å². The largest absolute Gasteiger partial charge is 0.497 e. The van der Waals surface area contributed by atoms with Crippen LogP contribution in [0.5, 0.6) is 5.75 Å². The average Bonchev–Trinajstić information content (AvgIpc) is 2.97. The molecule has 33 heavy (non-hydrogen) atoms. The predicted octanol–water partition coefficient (Wildman–Crippen LogP) is 4.40. The van der Waals surface area contributed by atoms with E-state index in [4.69, 9.17) is 9.47 Å². The average molecular weight is 456 g/mol. The Hall–Kier alpha value is -2.34. The van der Waals surface area contributed by atoms with Gasteiger partial charge in [0.25, 0.3) is 0 Å². The first-order valence-electron chi connectivity index (χ1n) is 12.4. The van der Waals surface area contributed by atoms with E-state index in [1.807, 2.05) is 37.3 Å². The minimum absolute atomic E-state index is 0.0884. The number of carbonyl (C=O) groups is 2. The Balaban J connectivity index is 1.70. The summed E-state index contributed by atoms with van der Waals surface area (Å²) in [6.45, 7) is 4.28. The van der Waals surface area contributed by atoms with Gasteiger partial charge in [-0.05, 0) is 50.3 Å². The number of hydrogen-bond donors (Lipinski definition) is 1. The van der Waals surface area contributed by atoms with E-state index in [-0.39, 0.29) is 18.4 Å². The van der Waals surface area contributed by atoms with E-state index in [0.29, 0.717) is 6.42 Å². The maximum absolute atomic E-state index is 13.8. The molecule has 0 spiro atoms. The lowest BCUT2D eigenvalue weighted by molar-refractivity contribution is -0.256. The fourth-order valence-electron chi connectivity index (χ4n) is 6.09. The topological polar surface area (TPSA) is 76.1 Å². The number of aliphatic hydroxyl groups is 1. The van der Waals surface area contributed by atoms with Crippen molar-refractivity contribution in [1.29, 1.82) is 0 Å². The second-order valence-corrected chi connectivity index (χ2v) is 9.91. The van der Waals surface area contributed by atoms with Crippen molar-refractivity contribution in [2.45, 2.75) is 89.0 Å². The van der Waals surface area contributed by atoms with Crippen LogP contribution in [0, 0.1) is 11.8 Å². The first kappa shape index (κ1) is 23.8. The molecule has 1 N–H and O–H groups in total. The fourth-order valence-corrected chi connectivity index (χ4v) is 6.09.